The first kappa shape index (κ1) is 25.1. The van der Waals surface area contributed by atoms with E-state index in [9.17, 15) is 24.3 Å². The quantitative estimate of drug-likeness (QED) is 0.0897. The minimum Gasteiger partial charge on any atom is -0.480 e. The van der Waals surface area contributed by atoms with Crippen LogP contribution in [0.3, 0.4) is 0 Å². The molecular weight excluding hydrogens is 374 g/mol. The maximum Gasteiger partial charge on any atom is 0.325 e. The Bertz CT molecular complexity index is 593. The molecule has 28 heavy (non-hydrogen) atoms. The summed E-state index contributed by atoms with van der Waals surface area (Å²) in [6.07, 6.45) is 0.743. The van der Waals surface area contributed by atoms with Crippen LogP contribution in [0, 0.1) is 0 Å². The van der Waals surface area contributed by atoms with Gasteiger partial charge in [-0.25, -0.2) is 0 Å². The standard InChI is InChI=1S/C15H29N7O6/c1-7(20-12(25)9(16)4-3-5-19-15(17)18)11(24)22-10(6-23)13(26)21-8(2)14(27)28/h7-10,23H,3-6,16H2,1-2H3,(H,20,25)(H,21,26)(H,22,24)(H,27,28)(H4,17,18,19). The van der Waals surface area contributed by atoms with Gasteiger partial charge in [-0.15, -0.1) is 0 Å². The van der Waals surface area contributed by atoms with Crippen LogP contribution in [-0.4, -0.2) is 77.2 Å². The SMILES string of the molecule is CC(NC(=O)C(CO)NC(=O)C(C)NC(=O)C(N)CCCN=C(N)N)C(=O)O. The Morgan fingerprint density at radius 1 is 0.964 bits per heavy atom. The minimum atomic E-state index is -1.37. The maximum absolute atomic E-state index is 12.1. The molecule has 0 radical (unpaired) electrons. The van der Waals surface area contributed by atoms with Gasteiger partial charge in [-0.2, -0.15) is 0 Å². The van der Waals surface area contributed by atoms with Crippen molar-refractivity contribution in [1.82, 2.24) is 16.0 Å². The first-order valence-corrected chi connectivity index (χ1v) is 8.55. The van der Waals surface area contributed by atoms with Crippen molar-refractivity contribution in [2.45, 2.75) is 50.9 Å². The third kappa shape index (κ3) is 9.68. The Morgan fingerprint density at radius 2 is 1.54 bits per heavy atom. The second-order valence-electron chi connectivity index (χ2n) is 6.10. The molecule has 160 valence electrons. The average molecular weight is 403 g/mol. The Hall–Kier alpha value is -2.93. The van der Waals surface area contributed by atoms with Crippen LogP contribution in [-0.2, 0) is 19.2 Å². The Balaban J connectivity index is 4.54. The van der Waals surface area contributed by atoms with E-state index in [0.29, 0.717) is 13.0 Å². The van der Waals surface area contributed by atoms with Gasteiger partial charge in [-0.05, 0) is 26.7 Å². The summed E-state index contributed by atoms with van der Waals surface area (Å²) in [5.41, 5.74) is 16.1. The lowest BCUT2D eigenvalue weighted by molar-refractivity contribution is -0.142. The number of carbonyl (C=O) groups is 4. The molecule has 11 N–H and O–H groups in total. The summed E-state index contributed by atoms with van der Waals surface area (Å²) in [7, 11) is 0. The number of aliphatic hydroxyl groups is 1. The van der Waals surface area contributed by atoms with Crippen LogP contribution in [0.15, 0.2) is 4.99 Å². The van der Waals surface area contributed by atoms with E-state index in [-0.39, 0.29) is 12.4 Å². The maximum atomic E-state index is 12.1. The fourth-order valence-corrected chi connectivity index (χ4v) is 1.90. The predicted molar refractivity (Wildman–Crippen MR) is 99.7 cm³/mol. The molecule has 0 aromatic heterocycles. The number of carbonyl (C=O) groups excluding carboxylic acids is 3. The molecule has 4 unspecified atom stereocenters. The van der Waals surface area contributed by atoms with Gasteiger partial charge in [0.15, 0.2) is 5.96 Å². The lowest BCUT2D eigenvalue weighted by Gasteiger charge is -2.21. The number of guanidine groups is 1. The highest BCUT2D eigenvalue weighted by Gasteiger charge is 2.26. The molecule has 0 saturated carbocycles. The number of aliphatic carboxylic acids is 1. The molecule has 13 heteroatoms. The molecule has 0 aliphatic heterocycles. The number of aliphatic hydroxyl groups excluding tert-OH is 1. The molecule has 0 rings (SSSR count). The van der Waals surface area contributed by atoms with Crippen LogP contribution in [0.1, 0.15) is 26.7 Å². The van der Waals surface area contributed by atoms with E-state index in [1.807, 2.05) is 0 Å². The lowest BCUT2D eigenvalue weighted by atomic mass is 10.1. The fourth-order valence-electron chi connectivity index (χ4n) is 1.90. The Kier molecular flexibility index (Phi) is 11.2. The summed E-state index contributed by atoms with van der Waals surface area (Å²) >= 11 is 0. The van der Waals surface area contributed by atoms with Gasteiger partial charge in [0.05, 0.1) is 12.6 Å². The van der Waals surface area contributed by atoms with Crippen molar-refractivity contribution in [3.05, 3.63) is 0 Å². The zero-order valence-corrected chi connectivity index (χ0v) is 15.8. The summed E-state index contributed by atoms with van der Waals surface area (Å²) < 4.78 is 0. The number of carboxylic acid groups (broad SMARTS) is 1. The molecule has 13 nitrogen and oxygen atoms in total. The molecule has 0 aliphatic carbocycles. The van der Waals surface area contributed by atoms with Crippen molar-refractivity contribution in [1.29, 1.82) is 0 Å². The van der Waals surface area contributed by atoms with Gasteiger partial charge < -0.3 is 43.4 Å². The van der Waals surface area contributed by atoms with Crippen molar-refractivity contribution in [2.75, 3.05) is 13.2 Å². The molecule has 0 aliphatic rings. The second kappa shape index (κ2) is 12.5. The van der Waals surface area contributed by atoms with Gasteiger partial charge in [0, 0.05) is 6.54 Å². The van der Waals surface area contributed by atoms with Crippen molar-refractivity contribution >= 4 is 29.7 Å². The lowest BCUT2D eigenvalue weighted by Crippen LogP contribution is -2.57. The third-order valence-corrected chi connectivity index (χ3v) is 3.60. The second-order valence-corrected chi connectivity index (χ2v) is 6.10. The molecule has 0 aromatic carbocycles. The van der Waals surface area contributed by atoms with E-state index >= 15 is 0 Å². The number of hydrogen-bond donors (Lipinski definition) is 8. The zero-order chi connectivity index (χ0) is 21.9. The van der Waals surface area contributed by atoms with Gasteiger partial charge in [0.2, 0.25) is 17.7 Å². The predicted octanol–water partition coefficient (Wildman–Crippen LogP) is -4.06. The number of rotatable bonds is 12. The van der Waals surface area contributed by atoms with Gasteiger partial charge >= 0.3 is 5.97 Å². The van der Waals surface area contributed by atoms with Crippen LogP contribution >= 0.6 is 0 Å². The number of hydrogen-bond acceptors (Lipinski definition) is 7. The van der Waals surface area contributed by atoms with Crippen LogP contribution in [0.4, 0.5) is 0 Å². The average Bonchev–Trinajstić information content (AvgIpc) is 2.61. The molecule has 0 fully saturated rings. The van der Waals surface area contributed by atoms with Gasteiger partial charge in [0.25, 0.3) is 0 Å². The molecule has 0 bridgehead atoms. The molecule has 0 heterocycles. The highest BCUT2D eigenvalue weighted by molar-refractivity contribution is 5.93. The van der Waals surface area contributed by atoms with Crippen LogP contribution in [0.5, 0.6) is 0 Å². The van der Waals surface area contributed by atoms with Crippen LogP contribution in [0.25, 0.3) is 0 Å². The highest BCUT2D eigenvalue weighted by atomic mass is 16.4. The molecule has 4 atom stereocenters. The zero-order valence-electron chi connectivity index (χ0n) is 15.8. The number of aliphatic imine (C=N–C) groups is 1. The highest BCUT2D eigenvalue weighted by Crippen LogP contribution is 1.97. The van der Waals surface area contributed by atoms with Crippen molar-refractivity contribution in [2.24, 2.45) is 22.2 Å². The number of carboxylic acids is 1. The van der Waals surface area contributed by atoms with Gasteiger partial charge in [-0.3, -0.25) is 24.2 Å². The molecular formula is C15H29N7O6. The summed E-state index contributed by atoms with van der Waals surface area (Å²) in [5, 5.41) is 24.8. The van der Waals surface area contributed by atoms with E-state index in [1.54, 1.807) is 0 Å². The van der Waals surface area contributed by atoms with Gasteiger partial charge in [0.1, 0.15) is 18.1 Å². The number of nitrogens with one attached hydrogen (secondary N) is 3. The van der Waals surface area contributed by atoms with Gasteiger partial charge in [-0.1, -0.05) is 0 Å². The molecule has 0 saturated heterocycles. The number of amides is 3. The monoisotopic (exact) mass is 403 g/mol. The first-order valence-electron chi connectivity index (χ1n) is 8.55. The largest absolute Gasteiger partial charge is 0.480 e. The normalized spacial score (nSPS) is 14.7. The summed E-state index contributed by atoms with van der Waals surface area (Å²) in [6.45, 7) is 2.15. The van der Waals surface area contributed by atoms with E-state index in [4.69, 9.17) is 22.3 Å². The number of nitrogens with two attached hydrogens (primary N) is 3. The smallest absolute Gasteiger partial charge is 0.325 e. The topological polar surface area (TPSA) is 235 Å². The molecule has 0 aromatic rings. The van der Waals surface area contributed by atoms with Crippen LogP contribution in [0.2, 0.25) is 0 Å². The summed E-state index contributed by atoms with van der Waals surface area (Å²) in [4.78, 5) is 50.5. The van der Waals surface area contributed by atoms with Crippen molar-refractivity contribution in [3.63, 3.8) is 0 Å². The summed E-state index contributed by atoms with van der Waals surface area (Å²) in [5.74, 6) is -3.55. The van der Waals surface area contributed by atoms with E-state index in [1.165, 1.54) is 13.8 Å². The van der Waals surface area contributed by atoms with E-state index in [2.05, 4.69) is 20.9 Å². The van der Waals surface area contributed by atoms with E-state index in [0.717, 1.165) is 0 Å². The molecule has 3 amide bonds. The van der Waals surface area contributed by atoms with Crippen LogP contribution < -0.4 is 33.2 Å². The fraction of sp³-hybridized carbons (Fsp3) is 0.667. The Morgan fingerprint density at radius 3 is 2.04 bits per heavy atom. The van der Waals surface area contributed by atoms with Crippen molar-refractivity contribution in [3.8, 4) is 0 Å². The third-order valence-electron chi connectivity index (χ3n) is 3.60. The number of nitrogens with zero attached hydrogens (tertiary/aromatic N) is 1. The molecule has 0 spiro atoms. The van der Waals surface area contributed by atoms with Crippen molar-refractivity contribution < 1.29 is 29.4 Å². The first-order chi connectivity index (χ1) is 13.0. The Labute approximate surface area is 162 Å². The summed E-state index contributed by atoms with van der Waals surface area (Å²) in [6, 6.07) is -4.51. The minimum absolute atomic E-state index is 0.0662. The van der Waals surface area contributed by atoms with E-state index < -0.39 is 54.5 Å².